The Bertz CT molecular complexity index is 582. The van der Waals surface area contributed by atoms with E-state index < -0.39 is 0 Å². The lowest BCUT2D eigenvalue weighted by Gasteiger charge is -2.31. The summed E-state index contributed by atoms with van der Waals surface area (Å²) < 4.78 is 0. The maximum absolute atomic E-state index is 4.54. The average Bonchev–Trinajstić information content (AvgIpc) is 2.54. The second kappa shape index (κ2) is 7.23. The zero-order valence-corrected chi connectivity index (χ0v) is 13.4. The smallest absolute Gasteiger partial charge is 0.117 e. The van der Waals surface area contributed by atoms with E-state index in [1.807, 2.05) is 17.8 Å². The lowest BCUT2D eigenvalue weighted by atomic mass is 9.95. The van der Waals surface area contributed by atoms with Gasteiger partial charge in [0.05, 0.1) is 5.52 Å². The van der Waals surface area contributed by atoms with E-state index in [0.717, 1.165) is 17.1 Å². The van der Waals surface area contributed by atoms with E-state index in [9.17, 15) is 0 Å². The van der Waals surface area contributed by atoms with Gasteiger partial charge in [-0.2, -0.15) is 0 Å². The van der Waals surface area contributed by atoms with Gasteiger partial charge in [-0.05, 0) is 31.9 Å². The molecule has 1 N–H and O–H groups in total. The zero-order valence-electron chi connectivity index (χ0n) is 12.6. The summed E-state index contributed by atoms with van der Waals surface area (Å²) in [6, 6.07) is 8.93. The fourth-order valence-electron chi connectivity index (χ4n) is 3.02. The van der Waals surface area contributed by atoms with Crippen LogP contribution in [0.15, 0.2) is 35.6 Å². The van der Waals surface area contributed by atoms with Gasteiger partial charge in [-0.15, -0.1) is 11.8 Å². The Labute approximate surface area is 131 Å². The standard InChI is InChI=1S/C17H23N3S/c1-2-11-18-15-9-5-6-10-16(15)21-17-13-7-3-4-8-14(13)19-12-20-17/h3-4,7-8,12,15-16,18H,2,5-6,9-11H2,1H3. The molecule has 0 spiro atoms. The lowest BCUT2D eigenvalue weighted by molar-refractivity contribution is 0.384. The number of hydrogen-bond acceptors (Lipinski definition) is 4. The van der Waals surface area contributed by atoms with Gasteiger partial charge in [-0.25, -0.2) is 9.97 Å². The second-order valence-corrected chi connectivity index (χ2v) is 6.93. The van der Waals surface area contributed by atoms with Gasteiger partial charge in [-0.1, -0.05) is 38.0 Å². The first-order chi connectivity index (χ1) is 10.4. The van der Waals surface area contributed by atoms with Crippen LogP contribution in [-0.2, 0) is 0 Å². The first-order valence-electron chi connectivity index (χ1n) is 7.98. The molecule has 1 aliphatic rings. The van der Waals surface area contributed by atoms with Crippen molar-refractivity contribution in [3.8, 4) is 0 Å². The number of thioether (sulfide) groups is 1. The minimum atomic E-state index is 0.623. The summed E-state index contributed by atoms with van der Waals surface area (Å²) in [6.45, 7) is 3.35. The molecule has 2 aromatic rings. The van der Waals surface area contributed by atoms with Crippen LogP contribution < -0.4 is 5.32 Å². The van der Waals surface area contributed by atoms with Gasteiger partial charge < -0.3 is 5.32 Å². The van der Waals surface area contributed by atoms with Crippen LogP contribution in [0.3, 0.4) is 0 Å². The first kappa shape index (κ1) is 14.8. The molecule has 1 aromatic heterocycles. The Kier molecular flexibility index (Phi) is 5.09. The molecule has 1 aromatic carbocycles. The molecule has 3 nitrogen and oxygen atoms in total. The number of nitrogens with zero attached hydrogens (tertiary/aromatic N) is 2. The molecular formula is C17H23N3S. The number of rotatable bonds is 5. The second-order valence-electron chi connectivity index (χ2n) is 5.70. The Balaban J connectivity index is 1.79. The SMILES string of the molecule is CCCNC1CCCCC1Sc1ncnc2ccccc12. The van der Waals surface area contributed by atoms with Crippen LogP contribution in [0.2, 0.25) is 0 Å². The largest absolute Gasteiger partial charge is 0.313 e. The van der Waals surface area contributed by atoms with Crippen molar-refractivity contribution in [1.82, 2.24) is 15.3 Å². The molecule has 4 heteroatoms. The number of aromatic nitrogens is 2. The monoisotopic (exact) mass is 301 g/mol. The molecule has 1 saturated carbocycles. The summed E-state index contributed by atoms with van der Waals surface area (Å²) in [5.41, 5.74) is 1.05. The molecule has 1 heterocycles. The minimum absolute atomic E-state index is 0.623. The molecule has 112 valence electrons. The highest BCUT2D eigenvalue weighted by Crippen LogP contribution is 2.35. The molecule has 2 unspecified atom stereocenters. The van der Waals surface area contributed by atoms with Crippen LogP contribution in [-0.4, -0.2) is 27.8 Å². The van der Waals surface area contributed by atoms with Crippen molar-refractivity contribution in [3.63, 3.8) is 0 Å². The van der Waals surface area contributed by atoms with Crippen LogP contribution in [0.1, 0.15) is 39.0 Å². The summed E-state index contributed by atoms with van der Waals surface area (Å²) >= 11 is 1.94. The van der Waals surface area contributed by atoms with Gasteiger partial charge in [-0.3, -0.25) is 0 Å². The van der Waals surface area contributed by atoms with E-state index in [1.54, 1.807) is 6.33 Å². The predicted molar refractivity (Wildman–Crippen MR) is 89.7 cm³/mol. The van der Waals surface area contributed by atoms with Gasteiger partial charge >= 0.3 is 0 Å². The molecule has 0 bridgehead atoms. The van der Waals surface area contributed by atoms with E-state index in [-0.39, 0.29) is 0 Å². The van der Waals surface area contributed by atoms with Crippen molar-refractivity contribution in [3.05, 3.63) is 30.6 Å². The van der Waals surface area contributed by atoms with Gasteiger partial charge in [0, 0.05) is 16.7 Å². The third-order valence-corrected chi connectivity index (χ3v) is 5.54. The highest BCUT2D eigenvalue weighted by molar-refractivity contribution is 8.00. The average molecular weight is 301 g/mol. The van der Waals surface area contributed by atoms with Gasteiger partial charge in [0.25, 0.3) is 0 Å². The van der Waals surface area contributed by atoms with Gasteiger partial charge in [0.1, 0.15) is 11.4 Å². The highest BCUT2D eigenvalue weighted by atomic mass is 32.2. The number of benzene rings is 1. The van der Waals surface area contributed by atoms with Crippen LogP contribution in [0.25, 0.3) is 10.9 Å². The van der Waals surface area contributed by atoms with Crippen molar-refractivity contribution in [2.45, 2.75) is 55.3 Å². The molecular weight excluding hydrogens is 278 g/mol. The predicted octanol–water partition coefficient (Wildman–Crippen LogP) is 4.03. The summed E-state index contributed by atoms with van der Waals surface area (Å²) in [5, 5.41) is 6.67. The Morgan fingerprint density at radius 2 is 2.05 bits per heavy atom. The molecule has 0 aliphatic heterocycles. The fourth-order valence-corrected chi connectivity index (χ4v) is 4.39. The Morgan fingerprint density at radius 3 is 2.95 bits per heavy atom. The lowest BCUT2D eigenvalue weighted by Crippen LogP contribution is -2.40. The highest BCUT2D eigenvalue weighted by Gasteiger charge is 2.26. The van der Waals surface area contributed by atoms with E-state index in [0.29, 0.717) is 11.3 Å². The molecule has 0 saturated heterocycles. The van der Waals surface area contributed by atoms with Crippen molar-refractivity contribution in [2.75, 3.05) is 6.54 Å². The van der Waals surface area contributed by atoms with Crippen LogP contribution in [0.4, 0.5) is 0 Å². The van der Waals surface area contributed by atoms with E-state index >= 15 is 0 Å². The molecule has 21 heavy (non-hydrogen) atoms. The first-order valence-corrected chi connectivity index (χ1v) is 8.86. The number of para-hydroxylation sites is 1. The third kappa shape index (κ3) is 3.55. The van der Waals surface area contributed by atoms with Crippen molar-refractivity contribution in [1.29, 1.82) is 0 Å². The summed E-state index contributed by atoms with van der Waals surface area (Å²) in [4.78, 5) is 8.90. The van der Waals surface area contributed by atoms with E-state index in [2.05, 4.69) is 40.4 Å². The summed E-state index contributed by atoms with van der Waals surface area (Å²) in [5.74, 6) is 0. The van der Waals surface area contributed by atoms with Gasteiger partial charge in [0.2, 0.25) is 0 Å². The van der Waals surface area contributed by atoms with E-state index in [4.69, 9.17) is 0 Å². The number of hydrogen-bond donors (Lipinski definition) is 1. The molecule has 2 atom stereocenters. The number of nitrogens with one attached hydrogen (secondary N) is 1. The van der Waals surface area contributed by atoms with Crippen LogP contribution >= 0.6 is 11.8 Å². The molecule has 3 rings (SSSR count). The number of fused-ring (bicyclic) bond motifs is 1. The normalized spacial score (nSPS) is 22.5. The summed E-state index contributed by atoms with van der Waals surface area (Å²) in [6.07, 6.45) is 8.16. The third-order valence-electron chi connectivity index (χ3n) is 4.13. The van der Waals surface area contributed by atoms with Crippen molar-refractivity contribution < 1.29 is 0 Å². The quantitative estimate of drug-likeness (QED) is 0.846. The van der Waals surface area contributed by atoms with Crippen LogP contribution in [0.5, 0.6) is 0 Å². The van der Waals surface area contributed by atoms with Crippen molar-refractivity contribution >= 4 is 22.7 Å². The molecule has 1 aliphatic carbocycles. The minimum Gasteiger partial charge on any atom is -0.313 e. The molecule has 0 radical (unpaired) electrons. The molecule has 0 amide bonds. The Morgan fingerprint density at radius 1 is 1.19 bits per heavy atom. The Hall–Kier alpha value is -1.13. The van der Waals surface area contributed by atoms with E-state index in [1.165, 1.54) is 37.5 Å². The maximum atomic E-state index is 4.54. The fraction of sp³-hybridized carbons (Fsp3) is 0.529. The molecule has 1 fully saturated rings. The topological polar surface area (TPSA) is 37.8 Å². The maximum Gasteiger partial charge on any atom is 0.117 e. The zero-order chi connectivity index (χ0) is 14.5. The van der Waals surface area contributed by atoms with Crippen LogP contribution in [0, 0.1) is 0 Å². The van der Waals surface area contributed by atoms with Gasteiger partial charge in [0.15, 0.2) is 0 Å². The summed E-state index contributed by atoms with van der Waals surface area (Å²) in [7, 11) is 0. The van der Waals surface area contributed by atoms with Crippen molar-refractivity contribution in [2.24, 2.45) is 0 Å².